The van der Waals surface area contributed by atoms with E-state index in [0.717, 1.165) is 60.3 Å². The molecule has 11 heteroatoms. The van der Waals surface area contributed by atoms with Gasteiger partial charge in [-0.1, -0.05) is 72.8 Å². The van der Waals surface area contributed by atoms with Crippen LogP contribution in [0.2, 0.25) is 0 Å². The van der Waals surface area contributed by atoms with E-state index in [9.17, 15) is 4.79 Å². The first-order chi connectivity index (χ1) is 29.7. The summed E-state index contributed by atoms with van der Waals surface area (Å²) in [6, 6.07) is 31.4. The van der Waals surface area contributed by atoms with E-state index in [0.29, 0.717) is 26.2 Å². The third kappa shape index (κ3) is 11.5. The van der Waals surface area contributed by atoms with Crippen LogP contribution in [0.3, 0.4) is 0 Å². The van der Waals surface area contributed by atoms with Crippen molar-refractivity contribution in [3.05, 3.63) is 162 Å². The molecular formula is C50H56N6O5. The van der Waals surface area contributed by atoms with Crippen LogP contribution in [0.5, 0.6) is 0 Å². The number of amides is 1. The summed E-state index contributed by atoms with van der Waals surface area (Å²) in [6.45, 7) is 9.17. The zero-order valence-corrected chi connectivity index (χ0v) is 35.3. The van der Waals surface area contributed by atoms with E-state index < -0.39 is 11.7 Å². The van der Waals surface area contributed by atoms with E-state index in [4.69, 9.17) is 30.4 Å². The SMILES string of the molecule is CC(C)(C)OC(=O)NC[C@H]1OCCc2cc(-c3cccnc3)ccc21.NC[C@@H]1OCCc2cc(-c3cccnc3)ccc21.NC[C@H]1OCCc2cc(-c3cccnc3)ccc21. The fourth-order valence-corrected chi connectivity index (χ4v) is 7.80. The van der Waals surface area contributed by atoms with E-state index in [1.807, 2.05) is 57.6 Å². The molecule has 3 aromatic heterocycles. The number of pyridine rings is 3. The molecule has 11 nitrogen and oxygen atoms in total. The Hall–Kier alpha value is -5.82. The number of aromatic nitrogens is 3. The van der Waals surface area contributed by atoms with Crippen LogP contribution in [0, 0.1) is 0 Å². The Bertz CT molecular complexity index is 2240. The molecule has 6 aromatic rings. The first-order valence-electron chi connectivity index (χ1n) is 21.0. The molecule has 6 heterocycles. The van der Waals surface area contributed by atoms with Gasteiger partial charge in [0, 0.05) is 50.3 Å². The van der Waals surface area contributed by atoms with Crippen molar-refractivity contribution in [1.29, 1.82) is 0 Å². The van der Waals surface area contributed by atoms with Gasteiger partial charge in [-0.25, -0.2) is 4.79 Å². The number of hydrogen-bond donors (Lipinski definition) is 3. The fraction of sp³-hybridized carbons (Fsp3) is 0.320. The van der Waals surface area contributed by atoms with Crippen molar-refractivity contribution in [1.82, 2.24) is 20.3 Å². The summed E-state index contributed by atoms with van der Waals surface area (Å²) in [5.74, 6) is 0. The Balaban J connectivity index is 0.000000141. The Morgan fingerprint density at radius 2 is 0.967 bits per heavy atom. The zero-order chi connectivity index (χ0) is 42.6. The fourth-order valence-electron chi connectivity index (χ4n) is 7.80. The van der Waals surface area contributed by atoms with Crippen molar-refractivity contribution in [2.75, 3.05) is 39.5 Å². The molecule has 0 aliphatic carbocycles. The molecular weight excluding hydrogens is 765 g/mol. The van der Waals surface area contributed by atoms with Crippen LogP contribution in [0.15, 0.2) is 128 Å². The molecule has 316 valence electrons. The largest absolute Gasteiger partial charge is 0.444 e. The molecule has 0 saturated carbocycles. The number of rotatable bonds is 7. The van der Waals surface area contributed by atoms with Gasteiger partial charge in [0.15, 0.2) is 0 Å². The second-order valence-corrected chi connectivity index (χ2v) is 16.1. The Morgan fingerprint density at radius 3 is 1.31 bits per heavy atom. The van der Waals surface area contributed by atoms with Gasteiger partial charge in [0.1, 0.15) is 11.7 Å². The molecule has 9 rings (SSSR count). The summed E-state index contributed by atoms with van der Waals surface area (Å²) >= 11 is 0. The van der Waals surface area contributed by atoms with Gasteiger partial charge in [-0.05, 0) is 125 Å². The smallest absolute Gasteiger partial charge is 0.407 e. The number of hydrogen-bond acceptors (Lipinski definition) is 10. The van der Waals surface area contributed by atoms with Gasteiger partial charge in [0.05, 0.1) is 38.6 Å². The van der Waals surface area contributed by atoms with Gasteiger partial charge in [-0.2, -0.15) is 0 Å². The Labute approximate surface area is 358 Å². The number of carbonyl (C=O) groups is 1. The molecule has 0 radical (unpaired) electrons. The summed E-state index contributed by atoms with van der Waals surface area (Å²) in [7, 11) is 0. The third-order valence-electron chi connectivity index (χ3n) is 10.8. The first-order valence-corrected chi connectivity index (χ1v) is 21.0. The van der Waals surface area contributed by atoms with Crippen LogP contribution in [0.25, 0.3) is 33.4 Å². The molecule has 3 aliphatic heterocycles. The van der Waals surface area contributed by atoms with Crippen molar-refractivity contribution in [2.24, 2.45) is 11.5 Å². The highest BCUT2D eigenvalue weighted by atomic mass is 16.6. The predicted molar refractivity (Wildman–Crippen MR) is 239 cm³/mol. The van der Waals surface area contributed by atoms with Crippen molar-refractivity contribution >= 4 is 6.09 Å². The number of fused-ring (bicyclic) bond motifs is 3. The molecule has 0 saturated heterocycles. The Morgan fingerprint density at radius 1 is 0.590 bits per heavy atom. The standard InChI is InChI=1S/C20H24N2O3.2C15H16N2O/c1-20(2,3)25-19(23)22-13-18-17-7-6-14(11-15(17)8-10-24-18)16-5-4-9-21-12-16;2*16-9-15-14-4-3-11(8-12(14)5-7-18-15)13-2-1-6-17-10-13/h4-7,9,11-12,18H,8,10,13H2,1-3H3,(H,22,23);2*1-4,6,8,10,15H,5,7,9,16H2/t18-;2*15-/m110/s1. The van der Waals surface area contributed by atoms with Gasteiger partial charge in [-0.15, -0.1) is 0 Å². The summed E-state index contributed by atoms with van der Waals surface area (Å²) in [6.07, 6.45) is 13.3. The summed E-state index contributed by atoms with van der Waals surface area (Å²) in [5.41, 5.74) is 25.4. The van der Waals surface area contributed by atoms with E-state index in [-0.39, 0.29) is 18.3 Å². The van der Waals surface area contributed by atoms with Gasteiger partial charge in [0.25, 0.3) is 0 Å². The number of benzene rings is 3. The van der Waals surface area contributed by atoms with Crippen molar-refractivity contribution in [3.8, 4) is 33.4 Å². The Kier molecular flexibility index (Phi) is 14.6. The van der Waals surface area contributed by atoms with Gasteiger partial charge in [0.2, 0.25) is 0 Å². The monoisotopic (exact) mass is 820 g/mol. The lowest BCUT2D eigenvalue weighted by Crippen LogP contribution is -2.36. The maximum atomic E-state index is 11.9. The minimum Gasteiger partial charge on any atom is -0.444 e. The molecule has 61 heavy (non-hydrogen) atoms. The van der Waals surface area contributed by atoms with Gasteiger partial charge in [-0.3, -0.25) is 15.0 Å². The zero-order valence-electron chi connectivity index (χ0n) is 35.3. The summed E-state index contributed by atoms with van der Waals surface area (Å²) in [4.78, 5) is 24.4. The topological polar surface area (TPSA) is 157 Å². The minimum atomic E-state index is -0.506. The van der Waals surface area contributed by atoms with Crippen LogP contribution in [0.1, 0.15) is 72.5 Å². The lowest BCUT2D eigenvalue weighted by atomic mass is 9.93. The summed E-state index contributed by atoms with van der Waals surface area (Å²) in [5, 5.41) is 2.80. The number of ether oxygens (including phenoxy) is 4. The maximum absolute atomic E-state index is 11.9. The number of nitrogens with one attached hydrogen (secondary N) is 1. The van der Waals surface area contributed by atoms with E-state index in [2.05, 4.69) is 93.1 Å². The number of carbonyl (C=O) groups excluding carboxylic acids is 1. The van der Waals surface area contributed by atoms with Crippen LogP contribution < -0.4 is 16.8 Å². The van der Waals surface area contributed by atoms with Gasteiger partial charge >= 0.3 is 6.09 Å². The lowest BCUT2D eigenvalue weighted by Gasteiger charge is -2.27. The first kappa shape index (κ1) is 43.3. The van der Waals surface area contributed by atoms with Crippen molar-refractivity contribution in [2.45, 2.75) is 63.9 Å². The van der Waals surface area contributed by atoms with Gasteiger partial charge < -0.3 is 35.7 Å². The van der Waals surface area contributed by atoms with Crippen LogP contribution in [0.4, 0.5) is 4.79 Å². The molecule has 3 aliphatic rings. The van der Waals surface area contributed by atoms with Crippen molar-refractivity contribution < 1.29 is 23.7 Å². The van der Waals surface area contributed by atoms with Crippen LogP contribution >= 0.6 is 0 Å². The molecule has 0 bridgehead atoms. The number of alkyl carbamates (subject to hydrolysis) is 1. The number of nitrogens with two attached hydrogens (primary N) is 2. The lowest BCUT2D eigenvalue weighted by molar-refractivity contribution is 0.0289. The van der Waals surface area contributed by atoms with Crippen LogP contribution in [-0.4, -0.2) is 66.1 Å². The molecule has 3 aromatic carbocycles. The van der Waals surface area contributed by atoms with E-state index in [1.165, 1.54) is 38.9 Å². The quantitative estimate of drug-likeness (QED) is 0.143. The highest BCUT2D eigenvalue weighted by molar-refractivity contribution is 5.68. The summed E-state index contributed by atoms with van der Waals surface area (Å²) < 4.78 is 22.5. The normalized spacial score (nSPS) is 17.8. The third-order valence-corrected chi connectivity index (χ3v) is 10.8. The highest BCUT2D eigenvalue weighted by Crippen LogP contribution is 2.33. The molecule has 0 unspecified atom stereocenters. The van der Waals surface area contributed by atoms with Crippen molar-refractivity contribution in [3.63, 3.8) is 0 Å². The average molecular weight is 821 g/mol. The van der Waals surface area contributed by atoms with E-state index >= 15 is 0 Å². The highest BCUT2D eigenvalue weighted by Gasteiger charge is 2.24. The second kappa shape index (κ2) is 20.6. The molecule has 5 N–H and O–H groups in total. The number of nitrogens with zero attached hydrogens (tertiary/aromatic N) is 3. The molecule has 1 amide bonds. The minimum absolute atomic E-state index is 0.0525. The van der Waals surface area contributed by atoms with E-state index in [1.54, 1.807) is 18.6 Å². The maximum Gasteiger partial charge on any atom is 0.407 e. The van der Waals surface area contributed by atoms with Crippen LogP contribution in [-0.2, 0) is 38.2 Å². The average Bonchev–Trinajstić information content (AvgIpc) is 3.30. The second-order valence-electron chi connectivity index (χ2n) is 16.1. The predicted octanol–water partition coefficient (Wildman–Crippen LogP) is 8.53. The molecule has 0 fully saturated rings. The molecule has 3 atom stereocenters. The molecule has 0 spiro atoms.